The smallest absolute Gasteiger partial charge is 0.137 e. The van der Waals surface area contributed by atoms with Gasteiger partial charge >= 0.3 is 0 Å². The van der Waals surface area contributed by atoms with Gasteiger partial charge in [0.2, 0.25) is 0 Å². The number of furan rings is 2. The van der Waals surface area contributed by atoms with Crippen LogP contribution in [-0.4, -0.2) is 0 Å². The molecule has 0 fully saturated rings. The Hall–Kier alpha value is -6.32. The molecular formula is C44H27NO2. The van der Waals surface area contributed by atoms with E-state index in [9.17, 15) is 0 Å². The molecule has 0 bridgehead atoms. The van der Waals surface area contributed by atoms with Gasteiger partial charge in [-0.3, -0.25) is 0 Å². The first-order valence-corrected chi connectivity index (χ1v) is 15.9. The molecule has 3 nitrogen and oxygen atoms in total. The predicted molar refractivity (Wildman–Crippen MR) is 196 cm³/mol. The monoisotopic (exact) mass is 601 g/mol. The topological polar surface area (TPSA) is 29.5 Å². The van der Waals surface area contributed by atoms with Crippen LogP contribution in [0.25, 0.3) is 76.5 Å². The number of hydrogen-bond donors (Lipinski definition) is 0. The summed E-state index contributed by atoms with van der Waals surface area (Å²) in [6, 6.07) is 57.9. The molecule has 0 radical (unpaired) electrons. The van der Waals surface area contributed by atoms with E-state index in [2.05, 4.69) is 144 Å². The van der Waals surface area contributed by atoms with E-state index in [1.807, 2.05) is 24.3 Å². The third kappa shape index (κ3) is 4.00. The highest BCUT2D eigenvalue weighted by molar-refractivity contribution is 6.28. The normalized spacial score (nSPS) is 11.8. The Morgan fingerprint density at radius 3 is 1.81 bits per heavy atom. The summed E-state index contributed by atoms with van der Waals surface area (Å²) in [6.45, 7) is 0. The highest BCUT2D eigenvalue weighted by Crippen LogP contribution is 2.45. The molecule has 0 saturated carbocycles. The van der Waals surface area contributed by atoms with Gasteiger partial charge in [0.15, 0.2) is 0 Å². The van der Waals surface area contributed by atoms with Crippen molar-refractivity contribution in [2.75, 3.05) is 4.90 Å². The van der Waals surface area contributed by atoms with E-state index in [0.29, 0.717) is 0 Å². The van der Waals surface area contributed by atoms with Crippen LogP contribution >= 0.6 is 0 Å². The molecule has 8 aromatic carbocycles. The second kappa shape index (κ2) is 10.1. The van der Waals surface area contributed by atoms with Crippen LogP contribution in [0.4, 0.5) is 17.1 Å². The van der Waals surface area contributed by atoms with Gasteiger partial charge in [-0.1, -0.05) is 109 Å². The maximum absolute atomic E-state index is 6.38. The van der Waals surface area contributed by atoms with E-state index < -0.39 is 0 Å². The fraction of sp³-hybridized carbons (Fsp3) is 0. The van der Waals surface area contributed by atoms with Gasteiger partial charge in [0.25, 0.3) is 0 Å². The van der Waals surface area contributed by atoms with E-state index in [1.54, 1.807) is 0 Å². The number of para-hydroxylation sites is 2. The first-order valence-electron chi connectivity index (χ1n) is 15.9. The summed E-state index contributed by atoms with van der Waals surface area (Å²) in [5, 5.41) is 9.28. The molecule has 220 valence electrons. The lowest BCUT2D eigenvalue weighted by atomic mass is 9.96. The number of nitrogens with zero attached hydrogens (tertiary/aromatic N) is 1. The SMILES string of the molecule is c1ccc(-c2ccc(N(c3ccc4c(c3)oc3ccccc34)c3cccc4c3ccc3ccc5oc6ccccc6c5c34)cc2)cc1. The number of rotatable bonds is 4. The van der Waals surface area contributed by atoms with Crippen molar-refractivity contribution < 1.29 is 8.83 Å². The predicted octanol–water partition coefficient (Wildman–Crippen LogP) is 12.9. The molecule has 0 saturated heterocycles. The average Bonchev–Trinajstić information content (AvgIpc) is 3.70. The average molecular weight is 602 g/mol. The summed E-state index contributed by atoms with van der Waals surface area (Å²) in [4.78, 5) is 2.35. The van der Waals surface area contributed by atoms with E-state index in [-0.39, 0.29) is 0 Å². The molecule has 3 heteroatoms. The highest BCUT2D eigenvalue weighted by atomic mass is 16.3. The summed E-state index contributed by atoms with van der Waals surface area (Å²) in [7, 11) is 0. The molecular weight excluding hydrogens is 574 g/mol. The van der Waals surface area contributed by atoms with Crippen molar-refractivity contribution in [2.24, 2.45) is 0 Å². The van der Waals surface area contributed by atoms with E-state index >= 15 is 0 Å². The molecule has 0 aliphatic carbocycles. The minimum absolute atomic E-state index is 0.867. The van der Waals surface area contributed by atoms with E-state index in [1.165, 1.54) is 27.3 Å². The number of hydrogen-bond acceptors (Lipinski definition) is 3. The lowest BCUT2D eigenvalue weighted by Gasteiger charge is -2.27. The third-order valence-corrected chi connectivity index (χ3v) is 9.45. The van der Waals surface area contributed by atoms with E-state index in [4.69, 9.17) is 8.83 Å². The van der Waals surface area contributed by atoms with Crippen LogP contribution in [-0.2, 0) is 0 Å². The van der Waals surface area contributed by atoms with E-state index in [0.717, 1.165) is 66.3 Å². The molecule has 47 heavy (non-hydrogen) atoms. The first-order chi connectivity index (χ1) is 23.3. The quantitative estimate of drug-likeness (QED) is 0.188. The summed E-state index contributed by atoms with van der Waals surface area (Å²) < 4.78 is 12.7. The lowest BCUT2D eigenvalue weighted by molar-refractivity contribution is 0.668. The molecule has 0 aliphatic rings. The van der Waals surface area contributed by atoms with Gasteiger partial charge in [-0.2, -0.15) is 0 Å². The van der Waals surface area contributed by atoms with Crippen molar-refractivity contribution in [3.05, 3.63) is 164 Å². The Morgan fingerprint density at radius 1 is 0.340 bits per heavy atom. The molecule has 0 spiro atoms. The van der Waals surface area contributed by atoms with Crippen molar-refractivity contribution in [1.29, 1.82) is 0 Å². The molecule has 10 aromatic rings. The zero-order valence-electron chi connectivity index (χ0n) is 25.4. The summed E-state index contributed by atoms with van der Waals surface area (Å²) in [5.41, 5.74) is 9.14. The maximum Gasteiger partial charge on any atom is 0.137 e. The molecule has 2 heterocycles. The highest BCUT2D eigenvalue weighted by Gasteiger charge is 2.20. The van der Waals surface area contributed by atoms with Crippen LogP contribution in [0.3, 0.4) is 0 Å². The zero-order valence-corrected chi connectivity index (χ0v) is 25.4. The molecule has 0 atom stereocenters. The van der Waals surface area contributed by atoms with Gasteiger partial charge in [0, 0.05) is 49.8 Å². The summed E-state index contributed by atoms with van der Waals surface area (Å²) in [6.07, 6.45) is 0. The second-order valence-electron chi connectivity index (χ2n) is 12.1. The maximum atomic E-state index is 6.38. The Balaban J connectivity index is 1.24. The Bertz CT molecular complexity index is 2790. The number of fused-ring (bicyclic) bond motifs is 10. The molecule has 0 aliphatic heterocycles. The lowest BCUT2D eigenvalue weighted by Crippen LogP contribution is -2.10. The van der Waals surface area contributed by atoms with Crippen LogP contribution in [0.15, 0.2) is 173 Å². The number of anilines is 3. The zero-order chi connectivity index (χ0) is 30.9. The third-order valence-electron chi connectivity index (χ3n) is 9.45. The van der Waals surface area contributed by atoms with Gasteiger partial charge in [0.1, 0.15) is 22.3 Å². The second-order valence-corrected chi connectivity index (χ2v) is 12.1. The minimum Gasteiger partial charge on any atom is -0.456 e. The fourth-order valence-corrected chi connectivity index (χ4v) is 7.29. The van der Waals surface area contributed by atoms with Crippen LogP contribution in [0.2, 0.25) is 0 Å². The van der Waals surface area contributed by atoms with Crippen LogP contribution < -0.4 is 4.90 Å². The Kier molecular flexibility index (Phi) is 5.57. The van der Waals surface area contributed by atoms with Crippen LogP contribution in [0, 0.1) is 0 Å². The van der Waals surface area contributed by atoms with Gasteiger partial charge in [-0.25, -0.2) is 0 Å². The molecule has 2 aromatic heterocycles. The Morgan fingerprint density at radius 2 is 0.957 bits per heavy atom. The minimum atomic E-state index is 0.867. The standard InChI is InChI=1S/C44H27NO2/c1-2-9-28(10-3-1)29-17-21-31(22-18-29)45(32-23-25-35-34-11-4-6-15-39(34)47-42(35)27-32)38-14-8-13-36-33(38)24-19-30-20-26-41-44(43(30)36)37-12-5-7-16-40(37)46-41/h1-27H. The van der Waals surface area contributed by atoms with Gasteiger partial charge < -0.3 is 13.7 Å². The van der Waals surface area contributed by atoms with Crippen molar-refractivity contribution in [3.8, 4) is 11.1 Å². The largest absolute Gasteiger partial charge is 0.456 e. The van der Waals surface area contributed by atoms with Crippen molar-refractivity contribution in [2.45, 2.75) is 0 Å². The van der Waals surface area contributed by atoms with Gasteiger partial charge in [0.05, 0.1) is 5.69 Å². The van der Waals surface area contributed by atoms with Crippen molar-refractivity contribution in [1.82, 2.24) is 0 Å². The van der Waals surface area contributed by atoms with Gasteiger partial charge in [-0.15, -0.1) is 0 Å². The summed E-state index contributed by atoms with van der Waals surface area (Å²) in [5.74, 6) is 0. The van der Waals surface area contributed by atoms with Crippen LogP contribution in [0.1, 0.15) is 0 Å². The fourth-order valence-electron chi connectivity index (χ4n) is 7.29. The van der Waals surface area contributed by atoms with Gasteiger partial charge in [-0.05, 0) is 70.4 Å². The van der Waals surface area contributed by atoms with Crippen LogP contribution in [0.5, 0.6) is 0 Å². The molecule has 10 rings (SSSR count). The molecule has 0 amide bonds. The summed E-state index contributed by atoms with van der Waals surface area (Å²) >= 11 is 0. The van der Waals surface area contributed by atoms with Crippen molar-refractivity contribution >= 4 is 82.5 Å². The first kappa shape index (κ1) is 26.0. The van der Waals surface area contributed by atoms with Crippen molar-refractivity contribution in [3.63, 3.8) is 0 Å². The molecule has 0 unspecified atom stereocenters. The Labute approximate surface area is 270 Å². The number of benzene rings is 8. The molecule has 0 N–H and O–H groups in total.